The Morgan fingerprint density at radius 3 is 2.24 bits per heavy atom. The minimum Gasteiger partial charge on any atom is -0.463 e. The summed E-state index contributed by atoms with van der Waals surface area (Å²) in [6.07, 6.45) is -2.72. The molecule has 1 heterocycles. The Morgan fingerprint density at radius 2 is 1.64 bits per heavy atom. The molecule has 0 bridgehead atoms. The second kappa shape index (κ2) is 11.4. The van der Waals surface area contributed by atoms with Crippen LogP contribution in [-0.2, 0) is 45.2 Å². The molecule has 0 unspecified atom stereocenters. The monoisotopic (exact) mass is 477 g/mol. The SMILES string of the molecule is CC(=O)OC[C@H]1O[C@H](OCc2ccccc2)C[C@H](NS(=O)(=O)c2ccccc2)[C@@H]1OC(C)=O. The summed E-state index contributed by atoms with van der Waals surface area (Å²) < 4.78 is 50.8. The van der Waals surface area contributed by atoms with Crippen LogP contribution in [0.25, 0.3) is 0 Å². The normalized spacial score (nSPS) is 23.0. The average molecular weight is 478 g/mol. The highest BCUT2D eigenvalue weighted by Gasteiger charge is 2.44. The number of hydrogen-bond acceptors (Lipinski definition) is 8. The molecule has 10 heteroatoms. The van der Waals surface area contributed by atoms with E-state index >= 15 is 0 Å². The first-order valence-electron chi connectivity index (χ1n) is 10.4. The minimum atomic E-state index is -3.93. The summed E-state index contributed by atoms with van der Waals surface area (Å²) in [6.45, 7) is 2.44. The number of esters is 2. The highest BCUT2D eigenvalue weighted by Crippen LogP contribution is 2.27. The zero-order chi connectivity index (χ0) is 23.8. The van der Waals surface area contributed by atoms with Gasteiger partial charge in [-0.3, -0.25) is 9.59 Å². The predicted octanol–water partition coefficient (Wildman–Crippen LogP) is 2.16. The van der Waals surface area contributed by atoms with Gasteiger partial charge in [-0.05, 0) is 17.7 Å². The summed E-state index contributed by atoms with van der Waals surface area (Å²) in [7, 11) is -3.93. The molecule has 0 aliphatic carbocycles. The van der Waals surface area contributed by atoms with E-state index in [1.807, 2.05) is 30.3 Å². The second-order valence-corrected chi connectivity index (χ2v) is 9.27. The van der Waals surface area contributed by atoms with Crippen LogP contribution in [0.5, 0.6) is 0 Å². The van der Waals surface area contributed by atoms with Crippen LogP contribution < -0.4 is 4.72 Å². The van der Waals surface area contributed by atoms with E-state index in [1.54, 1.807) is 18.2 Å². The van der Waals surface area contributed by atoms with E-state index in [4.69, 9.17) is 18.9 Å². The van der Waals surface area contributed by atoms with Gasteiger partial charge in [0.15, 0.2) is 6.29 Å². The molecule has 1 saturated heterocycles. The third-order valence-electron chi connectivity index (χ3n) is 4.93. The van der Waals surface area contributed by atoms with Crippen molar-refractivity contribution in [3.63, 3.8) is 0 Å². The molecular weight excluding hydrogens is 450 g/mol. The quantitative estimate of drug-likeness (QED) is 0.546. The van der Waals surface area contributed by atoms with Gasteiger partial charge in [-0.25, -0.2) is 13.1 Å². The van der Waals surface area contributed by atoms with Crippen molar-refractivity contribution >= 4 is 22.0 Å². The molecule has 0 amide bonds. The summed E-state index contributed by atoms with van der Waals surface area (Å²) >= 11 is 0. The third kappa shape index (κ3) is 7.36. The number of nitrogens with one attached hydrogen (secondary N) is 1. The van der Waals surface area contributed by atoms with Crippen molar-refractivity contribution in [2.75, 3.05) is 6.61 Å². The number of hydrogen-bond donors (Lipinski definition) is 1. The number of sulfonamides is 1. The fraction of sp³-hybridized carbons (Fsp3) is 0.391. The van der Waals surface area contributed by atoms with Gasteiger partial charge in [-0.15, -0.1) is 0 Å². The maximum Gasteiger partial charge on any atom is 0.303 e. The number of ether oxygens (including phenoxy) is 4. The van der Waals surface area contributed by atoms with Gasteiger partial charge in [0.05, 0.1) is 17.5 Å². The van der Waals surface area contributed by atoms with Crippen LogP contribution in [0.15, 0.2) is 65.6 Å². The topological polar surface area (TPSA) is 117 Å². The van der Waals surface area contributed by atoms with Gasteiger partial charge in [-0.2, -0.15) is 0 Å². The standard InChI is InChI=1S/C23H27NO8S/c1-16(25)29-15-21-23(31-17(2)26)20(24-33(27,28)19-11-7-4-8-12-19)13-22(32-21)30-14-18-9-5-3-6-10-18/h3-12,20-24H,13-15H2,1-2H3/t20-,21+,22-,23-/m0/s1. The molecule has 1 N–H and O–H groups in total. The Balaban J connectivity index is 1.83. The van der Waals surface area contributed by atoms with Gasteiger partial charge in [0.2, 0.25) is 10.0 Å². The highest BCUT2D eigenvalue weighted by atomic mass is 32.2. The van der Waals surface area contributed by atoms with Crippen LogP contribution in [-0.4, -0.2) is 51.5 Å². The van der Waals surface area contributed by atoms with Crippen molar-refractivity contribution in [2.45, 2.75) is 56.3 Å². The first-order valence-corrected chi connectivity index (χ1v) is 11.9. The molecule has 1 aliphatic rings. The first-order chi connectivity index (χ1) is 15.7. The maximum absolute atomic E-state index is 13.0. The fourth-order valence-corrected chi connectivity index (χ4v) is 4.75. The van der Waals surface area contributed by atoms with Crippen molar-refractivity contribution in [3.05, 3.63) is 66.2 Å². The van der Waals surface area contributed by atoms with E-state index in [1.165, 1.54) is 26.0 Å². The van der Waals surface area contributed by atoms with Gasteiger partial charge in [0, 0.05) is 20.3 Å². The summed E-state index contributed by atoms with van der Waals surface area (Å²) in [6, 6.07) is 16.4. The molecule has 0 saturated carbocycles. The summed E-state index contributed by atoms with van der Waals surface area (Å²) in [5.41, 5.74) is 0.904. The first kappa shape index (κ1) is 24.8. The Hall–Kier alpha value is -2.79. The molecule has 9 nitrogen and oxygen atoms in total. The van der Waals surface area contributed by atoms with Gasteiger partial charge in [-0.1, -0.05) is 48.5 Å². The average Bonchev–Trinajstić information content (AvgIpc) is 2.79. The van der Waals surface area contributed by atoms with E-state index in [9.17, 15) is 18.0 Å². The molecule has 0 spiro atoms. The van der Waals surface area contributed by atoms with Crippen LogP contribution >= 0.6 is 0 Å². The molecule has 4 atom stereocenters. The summed E-state index contributed by atoms with van der Waals surface area (Å²) in [5.74, 6) is -1.17. The Bertz CT molecular complexity index is 1030. The van der Waals surface area contributed by atoms with Gasteiger partial charge in [0.25, 0.3) is 0 Å². The van der Waals surface area contributed by atoms with Crippen LogP contribution in [0.1, 0.15) is 25.8 Å². The Morgan fingerprint density at radius 1 is 1.00 bits per heavy atom. The zero-order valence-corrected chi connectivity index (χ0v) is 19.2. The van der Waals surface area contributed by atoms with Crippen LogP contribution in [0.4, 0.5) is 0 Å². The van der Waals surface area contributed by atoms with Gasteiger partial charge >= 0.3 is 11.9 Å². The highest BCUT2D eigenvalue weighted by molar-refractivity contribution is 7.89. The lowest BCUT2D eigenvalue weighted by Gasteiger charge is -2.40. The van der Waals surface area contributed by atoms with Crippen LogP contribution in [0, 0.1) is 0 Å². The van der Waals surface area contributed by atoms with Crippen LogP contribution in [0.3, 0.4) is 0 Å². The van der Waals surface area contributed by atoms with Gasteiger partial charge < -0.3 is 18.9 Å². The van der Waals surface area contributed by atoms with Crippen LogP contribution in [0.2, 0.25) is 0 Å². The molecule has 178 valence electrons. The summed E-state index contributed by atoms with van der Waals surface area (Å²) in [5, 5.41) is 0. The third-order valence-corrected chi connectivity index (χ3v) is 6.43. The molecule has 3 rings (SSSR count). The lowest BCUT2D eigenvalue weighted by molar-refractivity contribution is -0.247. The zero-order valence-electron chi connectivity index (χ0n) is 18.4. The number of carbonyl (C=O) groups is 2. The second-order valence-electron chi connectivity index (χ2n) is 7.55. The molecule has 0 aromatic heterocycles. The minimum absolute atomic E-state index is 0.0661. The smallest absolute Gasteiger partial charge is 0.303 e. The van der Waals surface area contributed by atoms with Crippen molar-refractivity contribution in [1.29, 1.82) is 0 Å². The molecule has 33 heavy (non-hydrogen) atoms. The molecule has 2 aromatic carbocycles. The van der Waals surface area contributed by atoms with Crippen molar-refractivity contribution < 1.29 is 37.0 Å². The predicted molar refractivity (Wildman–Crippen MR) is 117 cm³/mol. The van der Waals surface area contributed by atoms with E-state index < -0.39 is 46.5 Å². The fourth-order valence-electron chi connectivity index (χ4n) is 3.46. The van der Waals surface area contributed by atoms with Crippen molar-refractivity contribution in [1.82, 2.24) is 4.72 Å². The van der Waals surface area contributed by atoms with Crippen molar-refractivity contribution in [3.8, 4) is 0 Å². The number of benzene rings is 2. The van der Waals surface area contributed by atoms with E-state index in [-0.39, 0.29) is 24.5 Å². The van der Waals surface area contributed by atoms with Gasteiger partial charge in [0.1, 0.15) is 18.8 Å². The lowest BCUT2D eigenvalue weighted by atomic mass is 9.99. The largest absolute Gasteiger partial charge is 0.463 e. The maximum atomic E-state index is 13.0. The number of carbonyl (C=O) groups excluding carboxylic acids is 2. The van der Waals surface area contributed by atoms with E-state index in [0.29, 0.717) is 0 Å². The molecule has 1 fully saturated rings. The summed E-state index contributed by atoms with van der Waals surface area (Å²) in [4.78, 5) is 23.2. The molecule has 1 aliphatic heterocycles. The Labute approximate surface area is 193 Å². The Kier molecular flexibility index (Phi) is 8.56. The molecule has 2 aromatic rings. The lowest BCUT2D eigenvalue weighted by Crippen LogP contribution is -2.58. The number of rotatable bonds is 9. The van der Waals surface area contributed by atoms with Crippen molar-refractivity contribution in [2.24, 2.45) is 0 Å². The molecule has 0 radical (unpaired) electrons. The molecular formula is C23H27NO8S. The van der Waals surface area contributed by atoms with E-state index in [0.717, 1.165) is 5.56 Å². The van der Waals surface area contributed by atoms with E-state index in [2.05, 4.69) is 4.72 Å².